The summed E-state index contributed by atoms with van der Waals surface area (Å²) in [7, 11) is 0. The summed E-state index contributed by atoms with van der Waals surface area (Å²) in [4.78, 5) is 26.7. The fraction of sp³-hybridized carbons (Fsp3) is 0. The molecule has 2 aromatic heterocycles. The molecule has 2 aromatic rings. The molecule has 6 nitrogen and oxygen atoms in total. The van der Waals surface area contributed by atoms with Gasteiger partial charge in [0.15, 0.2) is 5.69 Å². The summed E-state index contributed by atoms with van der Waals surface area (Å²) in [5.41, 5.74) is 6.16. The Morgan fingerprint density at radius 3 is 2.60 bits per heavy atom. The molecule has 2 N–H and O–H groups in total. The minimum absolute atomic E-state index is 0.108. The van der Waals surface area contributed by atoms with Crippen molar-refractivity contribution in [3.05, 3.63) is 36.7 Å². The number of nitrogens with two attached hydrogens (primary N) is 1. The minimum Gasteiger partial charge on any atom is -0.364 e. The fourth-order valence-corrected chi connectivity index (χ4v) is 1.14. The van der Waals surface area contributed by atoms with Gasteiger partial charge in [-0.3, -0.25) is 9.78 Å². The Kier molecular flexibility index (Phi) is 2.32. The Hall–Kier alpha value is -2.37. The highest BCUT2D eigenvalue weighted by molar-refractivity contribution is 5.96. The highest BCUT2D eigenvalue weighted by atomic mass is 16.1. The van der Waals surface area contributed by atoms with Crippen LogP contribution in [0.2, 0.25) is 0 Å². The lowest BCUT2D eigenvalue weighted by molar-refractivity contribution is 0.0996. The molecular weight excluding hydrogens is 194 g/mol. The van der Waals surface area contributed by atoms with Crippen LogP contribution in [0.1, 0.15) is 10.5 Å². The second-order valence-corrected chi connectivity index (χ2v) is 2.71. The molecule has 0 spiro atoms. The normalized spacial score (nSPS) is 9.87. The number of nitrogens with zero attached hydrogens (tertiary/aromatic N) is 4. The minimum atomic E-state index is -0.628. The van der Waals surface area contributed by atoms with E-state index in [0.29, 0.717) is 11.4 Å². The molecule has 15 heavy (non-hydrogen) atoms. The average molecular weight is 201 g/mol. The summed E-state index contributed by atoms with van der Waals surface area (Å²) in [6, 6.07) is 1.64. The summed E-state index contributed by atoms with van der Waals surface area (Å²) < 4.78 is 0. The van der Waals surface area contributed by atoms with Crippen LogP contribution in [-0.4, -0.2) is 25.8 Å². The zero-order valence-electron chi connectivity index (χ0n) is 7.66. The maximum absolute atomic E-state index is 11.1. The predicted octanol–water partition coefficient (Wildman–Crippen LogP) is 0.0325. The standard InChI is InChI=1S/C9H7N5O/c10-9(15)8-7(12-3-4-13-8)6-1-2-11-5-14-6/h1-5H,(H2,10,15). The van der Waals surface area contributed by atoms with E-state index < -0.39 is 5.91 Å². The van der Waals surface area contributed by atoms with Crippen molar-refractivity contribution in [3.8, 4) is 11.4 Å². The van der Waals surface area contributed by atoms with Gasteiger partial charge >= 0.3 is 0 Å². The first kappa shape index (κ1) is 9.20. The van der Waals surface area contributed by atoms with Gasteiger partial charge in [0, 0.05) is 18.6 Å². The Labute approximate surface area is 85.2 Å². The van der Waals surface area contributed by atoms with Crippen molar-refractivity contribution in [2.24, 2.45) is 5.73 Å². The van der Waals surface area contributed by atoms with E-state index in [-0.39, 0.29) is 5.69 Å². The molecule has 2 rings (SSSR count). The van der Waals surface area contributed by atoms with Crippen LogP contribution < -0.4 is 5.73 Å². The third-order valence-electron chi connectivity index (χ3n) is 1.76. The van der Waals surface area contributed by atoms with E-state index in [1.807, 2.05) is 0 Å². The van der Waals surface area contributed by atoms with Crippen molar-refractivity contribution in [2.75, 3.05) is 0 Å². The van der Waals surface area contributed by atoms with Gasteiger partial charge in [-0.1, -0.05) is 0 Å². The molecular formula is C9H7N5O. The largest absolute Gasteiger partial charge is 0.364 e. The fourth-order valence-electron chi connectivity index (χ4n) is 1.14. The van der Waals surface area contributed by atoms with Crippen LogP contribution in [-0.2, 0) is 0 Å². The number of rotatable bonds is 2. The lowest BCUT2D eigenvalue weighted by Crippen LogP contribution is -2.15. The topological polar surface area (TPSA) is 94.7 Å². The number of carbonyl (C=O) groups excluding carboxylic acids is 1. The summed E-state index contributed by atoms with van der Waals surface area (Å²) in [6.45, 7) is 0. The van der Waals surface area contributed by atoms with Gasteiger partial charge in [-0.15, -0.1) is 0 Å². The lowest BCUT2D eigenvalue weighted by atomic mass is 10.2. The van der Waals surface area contributed by atoms with Gasteiger partial charge < -0.3 is 5.73 Å². The van der Waals surface area contributed by atoms with Gasteiger partial charge in [0.25, 0.3) is 5.91 Å². The third-order valence-corrected chi connectivity index (χ3v) is 1.76. The highest BCUT2D eigenvalue weighted by Crippen LogP contribution is 2.15. The SMILES string of the molecule is NC(=O)c1nccnc1-c1ccncn1. The van der Waals surface area contributed by atoms with Crippen LogP contribution in [0.4, 0.5) is 0 Å². The summed E-state index contributed by atoms with van der Waals surface area (Å²) in [5, 5.41) is 0. The molecule has 2 heterocycles. The summed E-state index contributed by atoms with van der Waals surface area (Å²) in [5.74, 6) is -0.628. The van der Waals surface area contributed by atoms with Gasteiger partial charge in [-0.2, -0.15) is 0 Å². The molecule has 0 unspecified atom stereocenters. The Balaban J connectivity index is 2.58. The van der Waals surface area contributed by atoms with Crippen LogP contribution in [0.15, 0.2) is 31.0 Å². The van der Waals surface area contributed by atoms with Crippen LogP contribution in [0.3, 0.4) is 0 Å². The van der Waals surface area contributed by atoms with Crippen molar-refractivity contribution >= 4 is 5.91 Å². The second kappa shape index (κ2) is 3.79. The van der Waals surface area contributed by atoms with Gasteiger partial charge in [0.2, 0.25) is 0 Å². The number of aromatic nitrogens is 4. The lowest BCUT2D eigenvalue weighted by Gasteiger charge is -2.02. The zero-order chi connectivity index (χ0) is 10.7. The second-order valence-electron chi connectivity index (χ2n) is 2.71. The van der Waals surface area contributed by atoms with E-state index in [2.05, 4.69) is 19.9 Å². The molecule has 0 bridgehead atoms. The molecule has 0 radical (unpaired) electrons. The molecule has 0 aliphatic carbocycles. The molecule has 0 aliphatic rings. The van der Waals surface area contributed by atoms with E-state index in [9.17, 15) is 4.79 Å². The molecule has 0 fully saturated rings. The maximum atomic E-state index is 11.1. The van der Waals surface area contributed by atoms with Gasteiger partial charge in [0.1, 0.15) is 12.0 Å². The molecule has 0 saturated heterocycles. The van der Waals surface area contributed by atoms with Crippen LogP contribution in [0.25, 0.3) is 11.4 Å². The number of hydrogen-bond donors (Lipinski definition) is 1. The molecule has 1 amide bonds. The first-order valence-electron chi connectivity index (χ1n) is 4.16. The highest BCUT2D eigenvalue weighted by Gasteiger charge is 2.12. The number of primary amides is 1. The van der Waals surface area contributed by atoms with E-state index in [1.54, 1.807) is 12.3 Å². The molecule has 74 valence electrons. The summed E-state index contributed by atoms with van der Waals surface area (Å²) in [6.07, 6.45) is 5.81. The third kappa shape index (κ3) is 1.78. The van der Waals surface area contributed by atoms with E-state index >= 15 is 0 Å². The van der Waals surface area contributed by atoms with Crippen molar-refractivity contribution in [1.82, 2.24) is 19.9 Å². The van der Waals surface area contributed by atoms with Crippen LogP contribution >= 0.6 is 0 Å². The smallest absolute Gasteiger partial charge is 0.269 e. The molecule has 0 saturated carbocycles. The Morgan fingerprint density at radius 1 is 1.13 bits per heavy atom. The van der Waals surface area contributed by atoms with Crippen molar-refractivity contribution in [1.29, 1.82) is 0 Å². The van der Waals surface area contributed by atoms with E-state index in [0.717, 1.165) is 0 Å². The van der Waals surface area contributed by atoms with Crippen LogP contribution in [0, 0.1) is 0 Å². The van der Waals surface area contributed by atoms with Gasteiger partial charge in [-0.25, -0.2) is 15.0 Å². The first-order chi connectivity index (χ1) is 7.29. The number of hydrogen-bond acceptors (Lipinski definition) is 5. The molecule has 0 atom stereocenters. The average Bonchev–Trinajstić information content (AvgIpc) is 2.30. The first-order valence-corrected chi connectivity index (χ1v) is 4.16. The zero-order valence-corrected chi connectivity index (χ0v) is 7.66. The molecule has 0 aromatic carbocycles. The number of amides is 1. The van der Waals surface area contributed by atoms with Crippen molar-refractivity contribution < 1.29 is 4.79 Å². The van der Waals surface area contributed by atoms with Crippen LogP contribution in [0.5, 0.6) is 0 Å². The quantitative estimate of drug-likeness (QED) is 0.739. The van der Waals surface area contributed by atoms with Crippen molar-refractivity contribution in [2.45, 2.75) is 0 Å². The Morgan fingerprint density at radius 2 is 1.93 bits per heavy atom. The van der Waals surface area contributed by atoms with Gasteiger partial charge in [0.05, 0.1) is 5.69 Å². The van der Waals surface area contributed by atoms with Gasteiger partial charge in [-0.05, 0) is 6.07 Å². The monoisotopic (exact) mass is 201 g/mol. The van der Waals surface area contributed by atoms with Crippen molar-refractivity contribution in [3.63, 3.8) is 0 Å². The predicted molar refractivity (Wildman–Crippen MR) is 51.6 cm³/mol. The molecule has 6 heteroatoms. The molecule has 0 aliphatic heterocycles. The maximum Gasteiger partial charge on any atom is 0.269 e. The van der Waals surface area contributed by atoms with E-state index in [4.69, 9.17) is 5.73 Å². The number of carbonyl (C=O) groups is 1. The Bertz CT molecular complexity index is 485. The van der Waals surface area contributed by atoms with E-state index in [1.165, 1.54) is 18.7 Å². The summed E-state index contributed by atoms with van der Waals surface area (Å²) >= 11 is 0.